The van der Waals surface area contributed by atoms with Gasteiger partial charge in [0.2, 0.25) is 0 Å². The third-order valence-electron chi connectivity index (χ3n) is 1.61. The van der Waals surface area contributed by atoms with Crippen LogP contribution in [0.3, 0.4) is 0 Å². The Hall–Kier alpha value is -1.79. The van der Waals surface area contributed by atoms with Gasteiger partial charge >= 0.3 is 18.1 Å². The van der Waals surface area contributed by atoms with Crippen LogP contribution < -0.4 is 0 Å². The normalized spacial score (nSPS) is 13.5. The maximum Gasteiger partial charge on any atom is 0.422 e. The van der Waals surface area contributed by atoms with Crippen molar-refractivity contribution in [2.75, 3.05) is 6.61 Å². The number of hydrogen-bond donors (Lipinski definition) is 1. The van der Waals surface area contributed by atoms with E-state index in [1.807, 2.05) is 0 Å². The fraction of sp³-hybridized carbons (Fsp3) is 0.400. The van der Waals surface area contributed by atoms with E-state index < -0.39 is 24.7 Å². The van der Waals surface area contributed by atoms with Crippen molar-refractivity contribution in [2.45, 2.75) is 20.0 Å². The first-order valence-corrected chi connectivity index (χ1v) is 4.46. The summed E-state index contributed by atoms with van der Waals surface area (Å²) in [5.74, 6) is -2.32. The van der Waals surface area contributed by atoms with Crippen molar-refractivity contribution in [3.05, 3.63) is 23.3 Å². The molecule has 96 valence electrons. The first kappa shape index (κ1) is 15.2. The van der Waals surface area contributed by atoms with Crippen LogP contribution >= 0.6 is 0 Å². The second-order valence-electron chi connectivity index (χ2n) is 3.20. The highest BCUT2D eigenvalue weighted by Crippen LogP contribution is 2.15. The lowest BCUT2D eigenvalue weighted by molar-refractivity contribution is -0.183. The predicted octanol–water partition coefficient (Wildman–Crippen LogP) is 2.07. The molecule has 0 aromatic rings. The average Bonchev–Trinajstić information content (AvgIpc) is 2.20. The standard InChI is InChI=1S/C10H11F3O4/c1-6(8(14)15)3-4-7(2)9(16)17-5-10(11,12)13/h3-4H,5H2,1-2H3,(H,14,15). The minimum atomic E-state index is -4.58. The van der Waals surface area contributed by atoms with E-state index in [0.29, 0.717) is 0 Å². The Morgan fingerprint density at radius 1 is 1.18 bits per heavy atom. The molecule has 0 heterocycles. The summed E-state index contributed by atoms with van der Waals surface area (Å²) >= 11 is 0. The zero-order chi connectivity index (χ0) is 13.6. The van der Waals surface area contributed by atoms with Gasteiger partial charge in [-0.3, -0.25) is 0 Å². The lowest BCUT2D eigenvalue weighted by Gasteiger charge is -2.07. The molecule has 0 aliphatic carbocycles. The number of carboxylic acid groups (broad SMARTS) is 1. The molecule has 0 saturated carbocycles. The summed E-state index contributed by atoms with van der Waals surface area (Å²) in [5.41, 5.74) is -0.164. The summed E-state index contributed by atoms with van der Waals surface area (Å²) in [6, 6.07) is 0. The van der Waals surface area contributed by atoms with Gasteiger partial charge in [-0.25, -0.2) is 9.59 Å². The number of ether oxygens (including phenoxy) is 1. The first-order valence-electron chi connectivity index (χ1n) is 4.46. The van der Waals surface area contributed by atoms with Crippen molar-refractivity contribution >= 4 is 11.9 Å². The van der Waals surface area contributed by atoms with Crippen LogP contribution in [0.4, 0.5) is 13.2 Å². The van der Waals surface area contributed by atoms with Gasteiger partial charge in [-0.2, -0.15) is 13.2 Å². The lowest BCUT2D eigenvalue weighted by atomic mass is 10.2. The van der Waals surface area contributed by atoms with Gasteiger partial charge in [0.05, 0.1) is 0 Å². The highest BCUT2D eigenvalue weighted by molar-refractivity contribution is 5.89. The molecule has 0 amide bonds. The number of hydrogen-bond acceptors (Lipinski definition) is 3. The smallest absolute Gasteiger partial charge is 0.422 e. The summed E-state index contributed by atoms with van der Waals surface area (Å²) in [5, 5.41) is 8.48. The largest absolute Gasteiger partial charge is 0.478 e. The lowest BCUT2D eigenvalue weighted by Crippen LogP contribution is -2.20. The van der Waals surface area contributed by atoms with Gasteiger partial charge in [0.1, 0.15) is 0 Å². The fourth-order valence-electron chi connectivity index (χ4n) is 0.651. The Labute approximate surface area is 95.4 Å². The average molecular weight is 252 g/mol. The second kappa shape index (κ2) is 6.07. The zero-order valence-corrected chi connectivity index (χ0v) is 9.17. The minimum absolute atomic E-state index is 0.0482. The summed E-state index contributed by atoms with van der Waals surface area (Å²) in [6.45, 7) is 0.843. The van der Waals surface area contributed by atoms with Gasteiger partial charge in [0.15, 0.2) is 6.61 Å². The molecule has 1 N–H and O–H groups in total. The van der Waals surface area contributed by atoms with Crippen LogP contribution in [0.15, 0.2) is 23.3 Å². The molecule has 0 bridgehead atoms. The first-order chi connectivity index (χ1) is 7.63. The van der Waals surface area contributed by atoms with E-state index in [-0.39, 0.29) is 11.1 Å². The van der Waals surface area contributed by atoms with Crippen molar-refractivity contribution in [2.24, 2.45) is 0 Å². The second-order valence-corrected chi connectivity index (χ2v) is 3.20. The summed E-state index contributed by atoms with van der Waals surface area (Å²) in [6.07, 6.45) is -2.39. The van der Waals surface area contributed by atoms with E-state index in [9.17, 15) is 22.8 Å². The van der Waals surface area contributed by atoms with E-state index in [0.717, 1.165) is 12.2 Å². The summed E-state index contributed by atoms with van der Waals surface area (Å²) in [4.78, 5) is 21.4. The SMILES string of the molecule is CC(=CC=C(C)C(=O)OCC(F)(F)F)C(=O)O. The number of aliphatic carboxylic acids is 1. The molecule has 0 aromatic carbocycles. The fourth-order valence-corrected chi connectivity index (χ4v) is 0.651. The van der Waals surface area contributed by atoms with Crippen molar-refractivity contribution in [3.63, 3.8) is 0 Å². The third kappa shape index (κ3) is 7.15. The summed E-state index contributed by atoms with van der Waals surface area (Å²) in [7, 11) is 0. The molecule has 0 rings (SSSR count). The molecule has 4 nitrogen and oxygen atoms in total. The Morgan fingerprint density at radius 2 is 1.65 bits per heavy atom. The Bertz CT molecular complexity index is 366. The highest BCUT2D eigenvalue weighted by Gasteiger charge is 2.29. The molecule has 0 atom stereocenters. The van der Waals surface area contributed by atoms with Crippen molar-refractivity contribution < 1.29 is 32.6 Å². The third-order valence-corrected chi connectivity index (χ3v) is 1.61. The topological polar surface area (TPSA) is 63.6 Å². The molecule has 0 fully saturated rings. The van der Waals surface area contributed by atoms with Crippen LogP contribution in [0.2, 0.25) is 0 Å². The quantitative estimate of drug-likeness (QED) is 0.472. The maximum absolute atomic E-state index is 11.7. The van der Waals surface area contributed by atoms with Crippen LogP contribution in [0.5, 0.6) is 0 Å². The molecular weight excluding hydrogens is 241 g/mol. The Kier molecular flexibility index (Phi) is 5.43. The molecule has 0 saturated heterocycles. The molecule has 0 aliphatic rings. The van der Waals surface area contributed by atoms with E-state index in [1.54, 1.807) is 0 Å². The number of allylic oxidation sites excluding steroid dienone is 2. The molecule has 7 heteroatoms. The number of alkyl halides is 3. The van der Waals surface area contributed by atoms with E-state index in [4.69, 9.17) is 5.11 Å². The van der Waals surface area contributed by atoms with E-state index >= 15 is 0 Å². The monoisotopic (exact) mass is 252 g/mol. The van der Waals surface area contributed by atoms with Gasteiger partial charge in [0, 0.05) is 11.1 Å². The van der Waals surface area contributed by atoms with Crippen molar-refractivity contribution in [1.29, 1.82) is 0 Å². The number of carbonyl (C=O) groups is 2. The number of halogens is 3. The maximum atomic E-state index is 11.7. The molecule has 0 unspecified atom stereocenters. The highest BCUT2D eigenvalue weighted by atomic mass is 19.4. The molecule has 0 spiro atoms. The van der Waals surface area contributed by atoms with Crippen LogP contribution in [0.25, 0.3) is 0 Å². The zero-order valence-electron chi connectivity index (χ0n) is 9.17. The molecule has 0 radical (unpaired) electrons. The predicted molar refractivity (Wildman–Crippen MR) is 52.2 cm³/mol. The van der Waals surface area contributed by atoms with Gasteiger partial charge in [-0.05, 0) is 13.8 Å². The Balaban J connectivity index is 4.46. The van der Waals surface area contributed by atoms with Crippen molar-refractivity contribution in [1.82, 2.24) is 0 Å². The van der Waals surface area contributed by atoms with Crippen LogP contribution in [-0.4, -0.2) is 29.8 Å². The van der Waals surface area contributed by atoms with E-state index in [2.05, 4.69) is 4.74 Å². The molecule has 0 aliphatic heterocycles. The van der Waals surface area contributed by atoms with E-state index in [1.165, 1.54) is 13.8 Å². The number of carboxylic acids is 1. The molecule has 17 heavy (non-hydrogen) atoms. The van der Waals surface area contributed by atoms with Gasteiger partial charge in [-0.15, -0.1) is 0 Å². The van der Waals surface area contributed by atoms with Crippen LogP contribution in [0.1, 0.15) is 13.8 Å². The van der Waals surface area contributed by atoms with Gasteiger partial charge < -0.3 is 9.84 Å². The van der Waals surface area contributed by atoms with Gasteiger partial charge in [-0.1, -0.05) is 12.2 Å². The number of rotatable bonds is 4. The summed E-state index contributed by atoms with van der Waals surface area (Å²) < 4.78 is 39.1. The van der Waals surface area contributed by atoms with Crippen LogP contribution in [-0.2, 0) is 14.3 Å². The Morgan fingerprint density at radius 3 is 2.06 bits per heavy atom. The van der Waals surface area contributed by atoms with Gasteiger partial charge in [0.25, 0.3) is 0 Å². The minimum Gasteiger partial charge on any atom is -0.478 e. The number of esters is 1. The van der Waals surface area contributed by atoms with Crippen molar-refractivity contribution in [3.8, 4) is 0 Å². The van der Waals surface area contributed by atoms with Crippen LogP contribution in [0, 0.1) is 0 Å². The molecule has 0 aromatic heterocycles. The number of carbonyl (C=O) groups excluding carboxylic acids is 1. The molecular formula is C10H11F3O4.